The number of carbonyl (C=O) groups is 2. The Morgan fingerprint density at radius 1 is 0.939 bits per heavy atom. The first kappa shape index (κ1) is 23.4. The van der Waals surface area contributed by atoms with Crippen molar-refractivity contribution in [1.29, 1.82) is 0 Å². The first-order valence-corrected chi connectivity index (χ1v) is 13.3. The maximum Gasteiger partial charge on any atom is 0.310 e. The molecule has 0 saturated heterocycles. The van der Waals surface area contributed by atoms with Gasteiger partial charge in [0.2, 0.25) is 0 Å². The summed E-state index contributed by atoms with van der Waals surface area (Å²) in [6.45, 7) is 16.4. The van der Waals surface area contributed by atoms with Gasteiger partial charge in [0.15, 0.2) is 5.78 Å². The number of allylic oxidation sites excluding steroid dienone is 4. The van der Waals surface area contributed by atoms with E-state index in [2.05, 4.69) is 60.6 Å². The Morgan fingerprint density at radius 2 is 1.61 bits per heavy atom. The summed E-state index contributed by atoms with van der Waals surface area (Å²) >= 11 is 0. The Balaban J connectivity index is 1.63. The Morgan fingerprint density at radius 3 is 2.27 bits per heavy atom. The lowest BCUT2D eigenvalue weighted by Gasteiger charge is -2.69. The van der Waals surface area contributed by atoms with E-state index in [0.717, 1.165) is 51.4 Å². The van der Waals surface area contributed by atoms with Gasteiger partial charge in [0.1, 0.15) is 0 Å². The predicted molar refractivity (Wildman–Crippen MR) is 132 cm³/mol. The molecule has 0 amide bonds. The van der Waals surface area contributed by atoms with Crippen molar-refractivity contribution >= 4 is 11.8 Å². The topological polar surface area (TPSA) is 54.4 Å². The Hall–Kier alpha value is -1.38. The number of rotatable bonds is 1. The summed E-state index contributed by atoms with van der Waals surface area (Å²) in [6, 6.07) is 0. The van der Waals surface area contributed by atoms with E-state index in [1.807, 2.05) is 6.08 Å². The molecular formula is C30H44O3. The van der Waals surface area contributed by atoms with Gasteiger partial charge in [-0.25, -0.2) is 0 Å². The van der Waals surface area contributed by atoms with Gasteiger partial charge in [-0.1, -0.05) is 66.2 Å². The van der Waals surface area contributed by atoms with Gasteiger partial charge in [-0.15, -0.1) is 0 Å². The third-order valence-electron chi connectivity index (χ3n) is 12.3. The molecule has 0 aromatic heterocycles. The molecule has 0 aliphatic heterocycles. The van der Waals surface area contributed by atoms with Gasteiger partial charge >= 0.3 is 5.97 Å². The lowest BCUT2D eigenvalue weighted by atomic mass is 9.34. The molecular weight excluding hydrogens is 408 g/mol. The zero-order valence-corrected chi connectivity index (χ0v) is 21.9. The van der Waals surface area contributed by atoms with Crippen LogP contribution in [0, 0.1) is 50.2 Å². The second-order valence-electron chi connectivity index (χ2n) is 14.5. The van der Waals surface area contributed by atoms with Crippen LogP contribution in [0.25, 0.3) is 0 Å². The number of aliphatic carboxylic acids is 1. The van der Waals surface area contributed by atoms with Crippen molar-refractivity contribution in [2.45, 2.75) is 99.8 Å². The third kappa shape index (κ3) is 2.74. The van der Waals surface area contributed by atoms with Gasteiger partial charge in [0, 0.05) is 5.41 Å². The van der Waals surface area contributed by atoms with Crippen LogP contribution in [0.5, 0.6) is 0 Å². The van der Waals surface area contributed by atoms with Gasteiger partial charge < -0.3 is 5.11 Å². The van der Waals surface area contributed by atoms with Gasteiger partial charge in [-0.2, -0.15) is 0 Å². The summed E-state index contributed by atoms with van der Waals surface area (Å²) in [5, 5.41) is 10.5. The minimum Gasteiger partial charge on any atom is -0.481 e. The molecule has 5 rings (SSSR count). The summed E-state index contributed by atoms with van der Waals surface area (Å²) < 4.78 is 0. The lowest BCUT2D eigenvalue weighted by Crippen LogP contribution is -2.63. The summed E-state index contributed by atoms with van der Waals surface area (Å²) in [5.74, 6) is 0.717. The maximum atomic E-state index is 12.8. The highest BCUT2D eigenvalue weighted by molar-refractivity contribution is 5.95. The Kier molecular flexibility index (Phi) is 4.70. The molecule has 3 fully saturated rings. The van der Waals surface area contributed by atoms with E-state index in [9.17, 15) is 14.7 Å². The molecule has 3 nitrogen and oxygen atoms in total. The number of carboxylic acids is 1. The number of fused-ring (bicyclic) bond motifs is 7. The van der Waals surface area contributed by atoms with Crippen LogP contribution in [0.2, 0.25) is 0 Å². The lowest BCUT2D eigenvalue weighted by molar-refractivity contribution is -0.174. The molecule has 5 aliphatic rings. The van der Waals surface area contributed by atoms with Crippen molar-refractivity contribution in [3.63, 3.8) is 0 Å². The van der Waals surface area contributed by atoms with Crippen LogP contribution in [-0.2, 0) is 9.59 Å². The molecule has 0 aromatic carbocycles. The average Bonchev–Trinajstić information content (AvgIpc) is 2.71. The van der Waals surface area contributed by atoms with E-state index in [4.69, 9.17) is 0 Å². The fourth-order valence-corrected chi connectivity index (χ4v) is 9.93. The Labute approximate surface area is 200 Å². The van der Waals surface area contributed by atoms with Crippen LogP contribution < -0.4 is 0 Å². The number of carboxylic acid groups (broad SMARTS) is 1. The van der Waals surface area contributed by atoms with Crippen LogP contribution >= 0.6 is 0 Å². The van der Waals surface area contributed by atoms with Crippen LogP contribution in [0.4, 0.5) is 0 Å². The molecule has 33 heavy (non-hydrogen) atoms. The van der Waals surface area contributed by atoms with E-state index in [-0.39, 0.29) is 38.8 Å². The van der Waals surface area contributed by atoms with Crippen molar-refractivity contribution in [3.8, 4) is 0 Å². The molecule has 1 N–H and O–H groups in total. The minimum absolute atomic E-state index is 0.00260. The van der Waals surface area contributed by atoms with Crippen molar-refractivity contribution in [2.24, 2.45) is 50.2 Å². The number of hydrogen-bond donors (Lipinski definition) is 1. The zero-order chi connectivity index (χ0) is 24.2. The molecule has 182 valence electrons. The van der Waals surface area contributed by atoms with Crippen LogP contribution in [0.15, 0.2) is 23.8 Å². The minimum atomic E-state index is -0.579. The van der Waals surface area contributed by atoms with E-state index in [1.54, 1.807) is 0 Å². The highest BCUT2D eigenvalue weighted by Crippen LogP contribution is 2.74. The largest absolute Gasteiger partial charge is 0.481 e. The second-order valence-corrected chi connectivity index (χ2v) is 14.5. The van der Waals surface area contributed by atoms with E-state index in [1.165, 1.54) is 5.57 Å². The molecule has 0 heterocycles. The predicted octanol–water partition coefficient (Wildman–Crippen LogP) is 7.22. The van der Waals surface area contributed by atoms with Crippen LogP contribution in [0.3, 0.4) is 0 Å². The molecule has 4 unspecified atom stereocenters. The fourth-order valence-electron chi connectivity index (χ4n) is 9.93. The van der Waals surface area contributed by atoms with E-state index >= 15 is 0 Å². The second kappa shape index (κ2) is 6.64. The first-order valence-electron chi connectivity index (χ1n) is 13.3. The smallest absolute Gasteiger partial charge is 0.310 e. The Bertz CT molecular complexity index is 969. The highest BCUT2D eigenvalue weighted by Gasteiger charge is 2.68. The molecule has 0 aromatic rings. The van der Waals surface area contributed by atoms with Gasteiger partial charge in [0.25, 0.3) is 0 Å². The molecule has 0 spiro atoms. The average molecular weight is 453 g/mol. The number of hydrogen-bond acceptors (Lipinski definition) is 2. The summed E-state index contributed by atoms with van der Waals surface area (Å²) in [6.07, 6.45) is 14.5. The van der Waals surface area contributed by atoms with Gasteiger partial charge in [-0.05, 0) is 96.9 Å². The van der Waals surface area contributed by atoms with Crippen molar-refractivity contribution in [2.75, 3.05) is 0 Å². The van der Waals surface area contributed by atoms with Crippen molar-refractivity contribution < 1.29 is 14.7 Å². The zero-order valence-electron chi connectivity index (χ0n) is 21.9. The van der Waals surface area contributed by atoms with Crippen LogP contribution in [0.1, 0.15) is 99.8 Å². The summed E-state index contributed by atoms with van der Waals surface area (Å²) in [7, 11) is 0. The first-order chi connectivity index (χ1) is 15.1. The quantitative estimate of drug-likeness (QED) is 0.427. The molecule has 3 heteroatoms. The van der Waals surface area contributed by atoms with Crippen molar-refractivity contribution in [1.82, 2.24) is 0 Å². The monoisotopic (exact) mass is 452 g/mol. The molecule has 5 aliphatic carbocycles. The maximum absolute atomic E-state index is 12.8. The van der Waals surface area contributed by atoms with E-state index < -0.39 is 11.4 Å². The van der Waals surface area contributed by atoms with Crippen molar-refractivity contribution in [3.05, 3.63) is 23.8 Å². The van der Waals surface area contributed by atoms with Gasteiger partial charge in [-0.3, -0.25) is 9.59 Å². The molecule has 3 saturated carbocycles. The van der Waals surface area contributed by atoms with Gasteiger partial charge in [0.05, 0.1) is 5.41 Å². The summed E-state index contributed by atoms with van der Waals surface area (Å²) in [4.78, 5) is 25.5. The SMILES string of the molecule is CC1(C)CCC2(C(=O)O)CC[C@]3(C)C(=CCC4[C@@]5(C)C=CC(=O)C(C)(C)C5CC[C@]43C)C2C1. The number of ketones is 1. The van der Waals surface area contributed by atoms with E-state index in [0.29, 0.717) is 11.8 Å². The summed E-state index contributed by atoms with van der Waals surface area (Å²) in [5.41, 5.74) is 0.928. The highest BCUT2D eigenvalue weighted by atomic mass is 16.4. The number of carbonyl (C=O) groups excluding carboxylic acids is 1. The normalized spacial score (nSPS) is 49.7. The molecule has 0 bridgehead atoms. The van der Waals surface area contributed by atoms with Crippen LogP contribution in [-0.4, -0.2) is 16.9 Å². The molecule has 7 atom stereocenters. The fraction of sp³-hybridized carbons (Fsp3) is 0.800. The third-order valence-corrected chi connectivity index (χ3v) is 12.3. The standard InChI is InChI=1S/C30H44O3/c1-25(2)14-16-30(24(32)33)17-15-28(6)19(20(30)18-25)8-9-22-27(5)12-11-23(31)26(3,4)21(27)10-13-29(22,28)7/h8,11-12,20-22H,9-10,13-18H2,1-7H3,(H,32,33)/t20?,21?,22?,27-,28+,29+,30?/m0/s1. The molecule has 0 radical (unpaired) electrons.